The van der Waals surface area contributed by atoms with E-state index in [0.717, 1.165) is 70.6 Å². The van der Waals surface area contributed by atoms with Crippen molar-refractivity contribution in [1.82, 2.24) is 5.32 Å². The molecule has 310 valence electrons. The Morgan fingerprint density at radius 1 is 0.491 bits per heavy atom. The van der Waals surface area contributed by atoms with Crippen LogP contribution in [0, 0.1) is 0 Å². The average Bonchev–Trinajstić information content (AvgIpc) is 3.14. The fraction of sp³-hybridized carbons (Fsp3) is 0.851. The number of esters is 1. The van der Waals surface area contributed by atoms with Gasteiger partial charge in [-0.15, -0.1) is 0 Å². The first-order chi connectivity index (χ1) is 26.0. The van der Waals surface area contributed by atoms with Gasteiger partial charge in [0.2, 0.25) is 5.91 Å². The third-order valence-corrected chi connectivity index (χ3v) is 10.4. The lowest BCUT2D eigenvalue weighted by atomic mass is 10.0. The molecule has 0 fully saturated rings. The maximum atomic E-state index is 12.8. The fourth-order valence-corrected chi connectivity index (χ4v) is 6.96. The molecular formula is C47H87NO5. The van der Waals surface area contributed by atoms with Crippen LogP contribution in [0.25, 0.3) is 0 Å². The molecule has 2 N–H and O–H groups in total. The molecule has 0 bridgehead atoms. The van der Waals surface area contributed by atoms with E-state index in [4.69, 9.17) is 9.84 Å². The number of carboxylic acid groups (broad SMARTS) is 1. The van der Waals surface area contributed by atoms with E-state index < -0.39 is 5.97 Å². The second-order valence-electron chi connectivity index (χ2n) is 15.7. The van der Waals surface area contributed by atoms with Gasteiger partial charge in [-0.2, -0.15) is 0 Å². The Balaban J connectivity index is 4.03. The largest absolute Gasteiger partial charge is 0.480 e. The second-order valence-corrected chi connectivity index (χ2v) is 15.7. The summed E-state index contributed by atoms with van der Waals surface area (Å²) < 4.78 is 6.03. The summed E-state index contributed by atoms with van der Waals surface area (Å²) in [7, 11) is 0. The fourth-order valence-electron chi connectivity index (χ4n) is 6.96. The number of nitrogens with one attached hydrogen (secondary N) is 1. The zero-order valence-corrected chi connectivity index (χ0v) is 35.1. The van der Waals surface area contributed by atoms with Crippen LogP contribution in [0.15, 0.2) is 24.3 Å². The predicted molar refractivity (Wildman–Crippen MR) is 226 cm³/mol. The standard InChI is InChI=1S/C47H87NO5/c1-3-5-7-9-11-13-15-16-17-18-19-20-21-22-23-24-25-27-29-34-38-42-47(52)53-44(39-35-31-28-26-14-12-10-8-6-4-2)40-36-32-30-33-37-41-45(49)48-43-46(50)51/h15-16,18-19,44H,3-14,17,20-43H2,1-2H3,(H,48,49)(H,50,51)/b16-15-,19-18-. The minimum Gasteiger partial charge on any atom is -0.480 e. The summed E-state index contributed by atoms with van der Waals surface area (Å²) >= 11 is 0. The molecule has 0 aliphatic carbocycles. The molecule has 6 heteroatoms. The molecule has 6 nitrogen and oxygen atoms in total. The molecule has 0 aliphatic heterocycles. The summed E-state index contributed by atoms with van der Waals surface area (Å²) in [4.78, 5) is 35.0. The van der Waals surface area contributed by atoms with Crippen molar-refractivity contribution in [2.75, 3.05) is 6.54 Å². The number of unbranched alkanes of at least 4 members (excludes halogenated alkanes) is 27. The van der Waals surface area contributed by atoms with Gasteiger partial charge in [0.1, 0.15) is 12.6 Å². The second kappa shape index (κ2) is 42.6. The molecule has 0 saturated heterocycles. The van der Waals surface area contributed by atoms with E-state index >= 15 is 0 Å². The highest BCUT2D eigenvalue weighted by Crippen LogP contribution is 2.19. The van der Waals surface area contributed by atoms with Gasteiger partial charge in [-0.1, -0.05) is 186 Å². The van der Waals surface area contributed by atoms with Crippen molar-refractivity contribution in [3.8, 4) is 0 Å². The Morgan fingerprint density at radius 2 is 0.868 bits per heavy atom. The summed E-state index contributed by atoms with van der Waals surface area (Å²) in [5, 5.41) is 11.1. The molecule has 53 heavy (non-hydrogen) atoms. The van der Waals surface area contributed by atoms with Crippen LogP contribution >= 0.6 is 0 Å². The van der Waals surface area contributed by atoms with E-state index in [0.29, 0.717) is 12.8 Å². The first kappa shape index (κ1) is 50.9. The van der Waals surface area contributed by atoms with Gasteiger partial charge >= 0.3 is 11.9 Å². The molecular weight excluding hydrogens is 659 g/mol. The Kier molecular flexibility index (Phi) is 40.9. The van der Waals surface area contributed by atoms with Gasteiger partial charge in [-0.05, 0) is 70.6 Å². The summed E-state index contributed by atoms with van der Waals surface area (Å²) in [6, 6.07) is 0. The van der Waals surface area contributed by atoms with E-state index in [1.165, 1.54) is 148 Å². The molecule has 0 aliphatic rings. The van der Waals surface area contributed by atoms with Crippen LogP contribution in [0.1, 0.15) is 245 Å². The highest BCUT2D eigenvalue weighted by Gasteiger charge is 2.14. The molecule has 0 radical (unpaired) electrons. The van der Waals surface area contributed by atoms with Crippen LogP contribution in [-0.4, -0.2) is 35.6 Å². The SMILES string of the molecule is CCCCCCC/C=C\C/C=C\CCCCCCCCCCCC(=O)OC(CCCCCCCCCCCC)CCCCCCCC(=O)NCC(=O)O. The van der Waals surface area contributed by atoms with Crippen LogP contribution < -0.4 is 5.32 Å². The smallest absolute Gasteiger partial charge is 0.322 e. The Labute approximate surface area is 328 Å². The van der Waals surface area contributed by atoms with Gasteiger partial charge < -0.3 is 15.2 Å². The van der Waals surface area contributed by atoms with Crippen molar-refractivity contribution in [3.05, 3.63) is 24.3 Å². The van der Waals surface area contributed by atoms with E-state index in [-0.39, 0.29) is 24.5 Å². The summed E-state index contributed by atoms with van der Waals surface area (Å²) in [6.45, 7) is 4.23. The normalized spacial score (nSPS) is 12.2. The number of carbonyl (C=O) groups is 3. The number of hydrogen-bond donors (Lipinski definition) is 2. The van der Waals surface area contributed by atoms with Crippen molar-refractivity contribution in [1.29, 1.82) is 0 Å². The van der Waals surface area contributed by atoms with Gasteiger partial charge in [0.05, 0.1) is 0 Å². The van der Waals surface area contributed by atoms with Crippen molar-refractivity contribution in [3.63, 3.8) is 0 Å². The zero-order valence-electron chi connectivity index (χ0n) is 35.1. The van der Waals surface area contributed by atoms with Crippen LogP contribution in [0.5, 0.6) is 0 Å². The first-order valence-electron chi connectivity index (χ1n) is 23.0. The van der Waals surface area contributed by atoms with Crippen LogP contribution in [0.4, 0.5) is 0 Å². The lowest BCUT2D eigenvalue weighted by Crippen LogP contribution is -2.28. The quantitative estimate of drug-likeness (QED) is 0.0369. The van der Waals surface area contributed by atoms with Gasteiger partial charge in [0.25, 0.3) is 0 Å². The average molecular weight is 746 g/mol. The van der Waals surface area contributed by atoms with Crippen LogP contribution in [0.3, 0.4) is 0 Å². The predicted octanol–water partition coefficient (Wildman–Crippen LogP) is 14.3. The Bertz CT molecular complexity index is 869. The lowest BCUT2D eigenvalue weighted by Gasteiger charge is -2.18. The van der Waals surface area contributed by atoms with Gasteiger partial charge in [0.15, 0.2) is 0 Å². The summed E-state index contributed by atoms with van der Waals surface area (Å²) in [6.07, 6.45) is 51.7. The van der Waals surface area contributed by atoms with E-state index in [1.54, 1.807) is 0 Å². The molecule has 0 saturated carbocycles. The van der Waals surface area contributed by atoms with Gasteiger partial charge in [-0.3, -0.25) is 14.4 Å². The summed E-state index contributed by atoms with van der Waals surface area (Å²) in [5.74, 6) is -1.22. The monoisotopic (exact) mass is 746 g/mol. The van der Waals surface area contributed by atoms with E-state index in [9.17, 15) is 14.4 Å². The number of carbonyl (C=O) groups excluding carboxylic acids is 2. The molecule has 0 aromatic rings. The van der Waals surface area contributed by atoms with Gasteiger partial charge in [-0.25, -0.2) is 0 Å². The Morgan fingerprint density at radius 3 is 1.30 bits per heavy atom. The highest BCUT2D eigenvalue weighted by atomic mass is 16.5. The molecule has 1 atom stereocenters. The number of amides is 1. The molecule has 0 aromatic carbocycles. The van der Waals surface area contributed by atoms with Crippen molar-refractivity contribution in [2.24, 2.45) is 0 Å². The number of aliphatic carboxylic acids is 1. The third kappa shape index (κ3) is 42.5. The topological polar surface area (TPSA) is 92.7 Å². The van der Waals surface area contributed by atoms with Gasteiger partial charge in [0, 0.05) is 12.8 Å². The third-order valence-electron chi connectivity index (χ3n) is 10.4. The zero-order chi connectivity index (χ0) is 38.7. The number of hydrogen-bond acceptors (Lipinski definition) is 4. The van der Waals surface area contributed by atoms with E-state index in [1.807, 2.05) is 0 Å². The molecule has 1 amide bonds. The highest BCUT2D eigenvalue weighted by molar-refractivity contribution is 5.80. The number of rotatable bonds is 42. The molecule has 0 spiro atoms. The van der Waals surface area contributed by atoms with Crippen LogP contribution in [-0.2, 0) is 19.1 Å². The minimum atomic E-state index is -1.01. The maximum Gasteiger partial charge on any atom is 0.322 e. The van der Waals surface area contributed by atoms with Crippen LogP contribution in [0.2, 0.25) is 0 Å². The van der Waals surface area contributed by atoms with Crippen molar-refractivity contribution in [2.45, 2.75) is 251 Å². The molecule has 0 aromatic heterocycles. The summed E-state index contributed by atoms with van der Waals surface area (Å²) in [5.41, 5.74) is 0. The lowest BCUT2D eigenvalue weighted by molar-refractivity contribution is -0.150. The van der Waals surface area contributed by atoms with Crippen molar-refractivity contribution >= 4 is 17.8 Å². The number of allylic oxidation sites excluding steroid dienone is 4. The molecule has 0 rings (SSSR count). The molecule has 0 heterocycles. The number of ether oxygens (including phenoxy) is 1. The minimum absolute atomic E-state index is 0.0164. The van der Waals surface area contributed by atoms with E-state index in [2.05, 4.69) is 43.5 Å². The maximum absolute atomic E-state index is 12.8. The number of carboxylic acids is 1. The van der Waals surface area contributed by atoms with Crippen molar-refractivity contribution < 1.29 is 24.2 Å². The first-order valence-corrected chi connectivity index (χ1v) is 23.0. The Hall–Kier alpha value is -2.11. The molecule has 1 unspecified atom stereocenters.